The fourth-order valence-corrected chi connectivity index (χ4v) is 3.79. The van der Waals surface area contributed by atoms with Crippen LogP contribution in [0.3, 0.4) is 0 Å². The van der Waals surface area contributed by atoms with Gasteiger partial charge >= 0.3 is 0 Å². The van der Waals surface area contributed by atoms with E-state index < -0.39 is 0 Å². The molecule has 2 aromatic carbocycles. The smallest absolute Gasteiger partial charge is 0.122 e. The quantitative estimate of drug-likeness (QED) is 0.589. The summed E-state index contributed by atoms with van der Waals surface area (Å²) >= 11 is 0. The molecule has 1 aliphatic heterocycles. The number of para-hydroxylation sites is 1. The van der Waals surface area contributed by atoms with Gasteiger partial charge < -0.3 is 9.64 Å². The highest BCUT2D eigenvalue weighted by Gasteiger charge is 2.20. The monoisotopic (exact) mass is 337 g/mol. The average molecular weight is 338 g/mol. The highest BCUT2D eigenvalue weighted by molar-refractivity contribution is 5.33. The van der Waals surface area contributed by atoms with Crippen molar-refractivity contribution >= 4 is 0 Å². The Hall–Kier alpha value is -1.80. The van der Waals surface area contributed by atoms with E-state index in [9.17, 15) is 0 Å². The number of benzene rings is 2. The van der Waals surface area contributed by atoms with Crippen molar-refractivity contribution < 1.29 is 4.74 Å². The Bertz CT molecular complexity index is 625. The molecule has 1 saturated heterocycles. The normalized spacial score (nSPS) is 17.7. The second kappa shape index (κ2) is 9.62. The van der Waals surface area contributed by atoms with Crippen LogP contribution in [0.2, 0.25) is 0 Å². The fourth-order valence-electron chi connectivity index (χ4n) is 3.79. The molecular weight excluding hydrogens is 306 g/mol. The Morgan fingerprint density at radius 3 is 2.52 bits per heavy atom. The Morgan fingerprint density at radius 2 is 1.72 bits per heavy atom. The van der Waals surface area contributed by atoms with Gasteiger partial charge in [0.15, 0.2) is 0 Å². The first-order valence-electron chi connectivity index (χ1n) is 9.78. The first-order valence-corrected chi connectivity index (χ1v) is 9.78. The van der Waals surface area contributed by atoms with Crippen LogP contribution < -0.4 is 4.74 Å². The highest BCUT2D eigenvalue weighted by Crippen LogP contribution is 2.22. The van der Waals surface area contributed by atoms with E-state index in [0.717, 1.165) is 31.6 Å². The van der Waals surface area contributed by atoms with E-state index >= 15 is 0 Å². The van der Waals surface area contributed by atoms with Crippen molar-refractivity contribution in [1.82, 2.24) is 4.90 Å². The van der Waals surface area contributed by atoms with Crippen LogP contribution >= 0.6 is 0 Å². The van der Waals surface area contributed by atoms with Gasteiger partial charge in [-0.05, 0) is 75.7 Å². The minimum atomic E-state index is 0.707. The van der Waals surface area contributed by atoms with E-state index in [1.54, 1.807) is 0 Å². The van der Waals surface area contributed by atoms with Crippen LogP contribution in [0.4, 0.5) is 0 Å². The first-order chi connectivity index (χ1) is 12.3. The number of rotatable bonds is 9. The lowest BCUT2D eigenvalue weighted by Crippen LogP contribution is -2.26. The van der Waals surface area contributed by atoms with Crippen LogP contribution in [0.5, 0.6) is 5.75 Å². The maximum Gasteiger partial charge on any atom is 0.122 e. The molecule has 0 bridgehead atoms. The maximum atomic E-state index is 6.14. The van der Waals surface area contributed by atoms with Crippen LogP contribution in [-0.4, -0.2) is 31.1 Å². The average Bonchev–Trinajstić information content (AvgIpc) is 3.06. The standard InChI is InChI=1S/C23H31NO/c1-24-18-9-15-22(24)17-19-25-23-16-8-7-14-21(23)13-6-5-12-20-10-3-2-4-11-20/h2-4,7-8,10-11,14,16,22H,5-6,9,12-13,15,17-19H2,1H3. The lowest BCUT2D eigenvalue weighted by atomic mass is 10.0. The summed E-state index contributed by atoms with van der Waals surface area (Å²) in [6.45, 7) is 2.07. The molecule has 0 spiro atoms. The first kappa shape index (κ1) is 18.0. The third-order valence-electron chi connectivity index (χ3n) is 5.36. The molecule has 0 saturated carbocycles. The van der Waals surface area contributed by atoms with Gasteiger partial charge in [-0.2, -0.15) is 0 Å². The third kappa shape index (κ3) is 5.61. The lowest BCUT2D eigenvalue weighted by Gasteiger charge is -2.20. The number of hydrogen-bond acceptors (Lipinski definition) is 2. The van der Waals surface area contributed by atoms with E-state index in [0.29, 0.717) is 6.04 Å². The predicted octanol–water partition coefficient (Wildman–Crippen LogP) is 5.12. The second-order valence-corrected chi connectivity index (χ2v) is 7.21. The summed E-state index contributed by atoms with van der Waals surface area (Å²) in [6, 6.07) is 20.0. The summed E-state index contributed by atoms with van der Waals surface area (Å²) in [6.07, 6.45) is 8.50. The number of likely N-dealkylation sites (tertiary alicyclic amines) is 1. The molecule has 0 radical (unpaired) electrons. The van der Waals surface area contributed by atoms with Gasteiger partial charge in [0.1, 0.15) is 5.75 Å². The van der Waals surface area contributed by atoms with Gasteiger partial charge in [0.25, 0.3) is 0 Å². The highest BCUT2D eigenvalue weighted by atomic mass is 16.5. The molecule has 25 heavy (non-hydrogen) atoms. The third-order valence-corrected chi connectivity index (χ3v) is 5.36. The zero-order chi connectivity index (χ0) is 17.3. The van der Waals surface area contributed by atoms with Crippen molar-refractivity contribution in [1.29, 1.82) is 0 Å². The molecule has 134 valence electrons. The Balaban J connectivity index is 1.42. The zero-order valence-electron chi connectivity index (χ0n) is 15.5. The van der Waals surface area contributed by atoms with Gasteiger partial charge in [-0.15, -0.1) is 0 Å². The van der Waals surface area contributed by atoms with Crippen LogP contribution in [0.1, 0.15) is 43.2 Å². The molecule has 2 heteroatoms. The zero-order valence-corrected chi connectivity index (χ0v) is 15.5. The Labute approximate surface area is 152 Å². The van der Waals surface area contributed by atoms with Crippen molar-refractivity contribution in [2.24, 2.45) is 0 Å². The topological polar surface area (TPSA) is 12.5 Å². The van der Waals surface area contributed by atoms with Crippen molar-refractivity contribution in [3.8, 4) is 5.75 Å². The summed E-state index contributed by atoms with van der Waals surface area (Å²) in [5, 5.41) is 0. The van der Waals surface area contributed by atoms with Gasteiger partial charge in [-0.3, -0.25) is 0 Å². The summed E-state index contributed by atoms with van der Waals surface area (Å²) in [5.74, 6) is 1.09. The molecule has 3 rings (SSSR count). The number of hydrogen-bond donors (Lipinski definition) is 0. The van der Waals surface area contributed by atoms with Crippen molar-refractivity contribution in [3.05, 3.63) is 65.7 Å². The number of unbranched alkanes of at least 4 members (excludes halogenated alkanes) is 1. The summed E-state index contributed by atoms with van der Waals surface area (Å²) in [4.78, 5) is 2.47. The van der Waals surface area contributed by atoms with E-state index in [1.165, 1.54) is 43.4 Å². The SMILES string of the molecule is CN1CCCC1CCOc1ccccc1CCCCc1ccccc1. The van der Waals surface area contributed by atoms with Crippen LogP contribution in [-0.2, 0) is 12.8 Å². The maximum absolute atomic E-state index is 6.14. The van der Waals surface area contributed by atoms with Gasteiger partial charge in [-0.1, -0.05) is 48.5 Å². The molecule has 0 aromatic heterocycles. The van der Waals surface area contributed by atoms with Gasteiger partial charge in [-0.25, -0.2) is 0 Å². The van der Waals surface area contributed by atoms with Crippen LogP contribution in [0.25, 0.3) is 0 Å². The van der Waals surface area contributed by atoms with Crippen molar-refractivity contribution in [2.45, 2.75) is 51.0 Å². The molecule has 1 fully saturated rings. The molecule has 1 atom stereocenters. The van der Waals surface area contributed by atoms with Gasteiger partial charge in [0, 0.05) is 6.04 Å². The molecule has 0 N–H and O–H groups in total. The second-order valence-electron chi connectivity index (χ2n) is 7.21. The molecule has 2 nitrogen and oxygen atoms in total. The molecule has 0 aliphatic carbocycles. The molecule has 0 amide bonds. The van der Waals surface area contributed by atoms with Gasteiger partial charge in [0.05, 0.1) is 6.61 Å². The van der Waals surface area contributed by atoms with Crippen LogP contribution in [0, 0.1) is 0 Å². The summed E-state index contributed by atoms with van der Waals surface area (Å²) in [5.41, 5.74) is 2.79. The minimum Gasteiger partial charge on any atom is -0.493 e. The van der Waals surface area contributed by atoms with E-state index in [2.05, 4.69) is 66.5 Å². The molecule has 1 heterocycles. The minimum absolute atomic E-state index is 0.707. The predicted molar refractivity (Wildman–Crippen MR) is 105 cm³/mol. The van der Waals surface area contributed by atoms with Crippen molar-refractivity contribution in [3.63, 3.8) is 0 Å². The van der Waals surface area contributed by atoms with Crippen LogP contribution in [0.15, 0.2) is 54.6 Å². The van der Waals surface area contributed by atoms with E-state index in [1.807, 2.05) is 0 Å². The number of nitrogens with zero attached hydrogens (tertiary/aromatic N) is 1. The Kier molecular flexibility index (Phi) is 6.93. The number of ether oxygens (including phenoxy) is 1. The lowest BCUT2D eigenvalue weighted by molar-refractivity contribution is 0.232. The molecule has 1 unspecified atom stereocenters. The summed E-state index contributed by atoms with van der Waals surface area (Å²) < 4.78 is 6.14. The fraction of sp³-hybridized carbons (Fsp3) is 0.478. The summed E-state index contributed by atoms with van der Waals surface area (Å²) in [7, 11) is 2.23. The number of aryl methyl sites for hydroxylation is 2. The molecular formula is C23H31NO. The van der Waals surface area contributed by atoms with E-state index in [4.69, 9.17) is 4.74 Å². The Morgan fingerprint density at radius 1 is 0.960 bits per heavy atom. The van der Waals surface area contributed by atoms with E-state index in [-0.39, 0.29) is 0 Å². The van der Waals surface area contributed by atoms with Gasteiger partial charge in [0.2, 0.25) is 0 Å². The van der Waals surface area contributed by atoms with Crippen molar-refractivity contribution in [2.75, 3.05) is 20.2 Å². The largest absolute Gasteiger partial charge is 0.493 e. The molecule has 1 aliphatic rings. The molecule has 2 aromatic rings.